The molecule has 0 aromatic heterocycles. The zero-order valence-electron chi connectivity index (χ0n) is 11.1. The first-order chi connectivity index (χ1) is 7.99. The molecule has 0 unspecified atom stereocenters. The van der Waals surface area contributed by atoms with Crippen LogP contribution in [0.25, 0.3) is 0 Å². The zero-order chi connectivity index (χ0) is 13.3. The van der Waals surface area contributed by atoms with Crippen molar-refractivity contribution in [3.05, 3.63) is 0 Å². The SMILES string of the molecule is CC[C@H](C)[C@H](N)C(=O)NCCCCCC(=O)O.Cl. The highest BCUT2D eigenvalue weighted by Crippen LogP contribution is 2.05. The summed E-state index contributed by atoms with van der Waals surface area (Å²) in [4.78, 5) is 21.8. The first kappa shape index (κ1) is 19.5. The van der Waals surface area contributed by atoms with E-state index in [1.54, 1.807) is 0 Å². The second-order valence-corrected chi connectivity index (χ2v) is 4.41. The number of rotatable bonds is 9. The van der Waals surface area contributed by atoms with E-state index in [1.165, 1.54) is 0 Å². The third-order valence-corrected chi connectivity index (χ3v) is 2.93. The molecular formula is C12H25ClN2O3. The van der Waals surface area contributed by atoms with Crippen molar-refractivity contribution in [2.75, 3.05) is 6.54 Å². The van der Waals surface area contributed by atoms with Gasteiger partial charge < -0.3 is 16.2 Å². The Morgan fingerprint density at radius 3 is 2.39 bits per heavy atom. The summed E-state index contributed by atoms with van der Waals surface area (Å²) < 4.78 is 0. The Bertz CT molecular complexity index is 249. The Labute approximate surface area is 115 Å². The Morgan fingerprint density at radius 1 is 1.28 bits per heavy atom. The topological polar surface area (TPSA) is 92.4 Å². The molecule has 0 heterocycles. The van der Waals surface area contributed by atoms with Crippen LogP contribution in [0.1, 0.15) is 46.0 Å². The molecule has 0 saturated carbocycles. The number of amides is 1. The average Bonchev–Trinajstić information content (AvgIpc) is 2.30. The molecule has 2 atom stereocenters. The lowest BCUT2D eigenvalue weighted by Gasteiger charge is -2.17. The van der Waals surface area contributed by atoms with Gasteiger partial charge in [-0.3, -0.25) is 9.59 Å². The van der Waals surface area contributed by atoms with Gasteiger partial charge in [0.2, 0.25) is 5.91 Å². The molecule has 0 radical (unpaired) electrons. The van der Waals surface area contributed by atoms with Crippen LogP contribution >= 0.6 is 12.4 Å². The minimum atomic E-state index is -0.771. The van der Waals surface area contributed by atoms with Crippen LogP contribution in [0.15, 0.2) is 0 Å². The number of unbranched alkanes of at least 4 members (excludes halogenated alkanes) is 2. The van der Waals surface area contributed by atoms with Gasteiger partial charge in [0.25, 0.3) is 0 Å². The third kappa shape index (κ3) is 9.24. The van der Waals surface area contributed by atoms with E-state index < -0.39 is 12.0 Å². The number of hydrogen-bond acceptors (Lipinski definition) is 3. The highest BCUT2D eigenvalue weighted by atomic mass is 35.5. The molecule has 108 valence electrons. The molecule has 0 aromatic rings. The van der Waals surface area contributed by atoms with Crippen molar-refractivity contribution in [1.82, 2.24) is 5.32 Å². The van der Waals surface area contributed by atoms with Crippen molar-refractivity contribution >= 4 is 24.3 Å². The molecule has 0 spiro atoms. The van der Waals surface area contributed by atoms with Gasteiger partial charge >= 0.3 is 5.97 Å². The number of nitrogens with two attached hydrogens (primary N) is 1. The fraction of sp³-hybridized carbons (Fsp3) is 0.833. The number of carboxylic acids is 1. The van der Waals surface area contributed by atoms with Crippen LogP contribution < -0.4 is 11.1 Å². The maximum atomic E-state index is 11.6. The Balaban J connectivity index is 0. The lowest BCUT2D eigenvalue weighted by Crippen LogP contribution is -2.44. The molecule has 5 nitrogen and oxygen atoms in total. The van der Waals surface area contributed by atoms with Crippen molar-refractivity contribution in [2.24, 2.45) is 11.7 Å². The third-order valence-electron chi connectivity index (χ3n) is 2.93. The monoisotopic (exact) mass is 280 g/mol. The van der Waals surface area contributed by atoms with Crippen LogP contribution in [0.2, 0.25) is 0 Å². The van der Waals surface area contributed by atoms with Crippen LogP contribution in [0.4, 0.5) is 0 Å². The van der Waals surface area contributed by atoms with Gasteiger partial charge in [-0.15, -0.1) is 12.4 Å². The van der Waals surface area contributed by atoms with E-state index in [1.807, 2.05) is 13.8 Å². The number of carbonyl (C=O) groups is 2. The summed E-state index contributed by atoms with van der Waals surface area (Å²) >= 11 is 0. The highest BCUT2D eigenvalue weighted by molar-refractivity contribution is 5.85. The van der Waals surface area contributed by atoms with E-state index in [4.69, 9.17) is 10.8 Å². The molecule has 0 aliphatic carbocycles. The molecule has 0 aromatic carbocycles. The Hall–Kier alpha value is -0.810. The van der Waals surface area contributed by atoms with E-state index in [-0.39, 0.29) is 30.7 Å². The number of halogens is 1. The second-order valence-electron chi connectivity index (χ2n) is 4.41. The minimum Gasteiger partial charge on any atom is -0.481 e. The highest BCUT2D eigenvalue weighted by Gasteiger charge is 2.18. The smallest absolute Gasteiger partial charge is 0.303 e. The molecule has 1 amide bonds. The van der Waals surface area contributed by atoms with Gasteiger partial charge in [-0.25, -0.2) is 0 Å². The fourth-order valence-corrected chi connectivity index (χ4v) is 1.42. The molecule has 0 saturated heterocycles. The molecule has 0 aliphatic heterocycles. The Morgan fingerprint density at radius 2 is 1.89 bits per heavy atom. The quantitative estimate of drug-likeness (QED) is 0.559. The summed E-state index contributed by atoms with van der Waals surface area (Å²) in [6.07, 6.45) is 3.34. The standard InChI is InChI=1S/C12H24N2O3.ClH/c1-3-9(2)11(13)12(17)14-8-6-4-5-7-10(15)16;/h9,11H,3-8,13H2,1-2H3,(H,14,17)(H,15,16);1H/t9-,11-;/m0./s1. The van der Waals surface area contributed by atoms with E-state index in [2.05, 4.69) is 5.32 Å². The fourth-order valence-electron chi connectivity index (χ4n) is 1.42. The van der Waals surface area contributed by atoms with Gasteiger partial charge in [0.05, 0.1) is 6.04 Å². The molecule has 0 fully saturated rings. The van der Waals surface area contributed by atoms with E-state index >= 15 is 0 Å². The van der Waals surface area contributed by atoms with E-state index in [9.17, 15) is 9.59 Å². The summed E-state index contributed by atoms with van der Waals surface area (Å²) in [5.41, 5.74) is 5.76. The summed E-state index contributed by atoms with van der Waals surface area (Å²) in [6, 6.07) is -0.445. The van der Waals surface area contributed by atoms with E-state index in [0.717, 1.165) is 19.3 Å². The number of carboxylic acid groups (broad SMARTS) is 1. The van der Waals surface area contributed by atoms with Crippen LogP contribution in [0, 0.1) is 5.92 Å². The van der Waals surface area contributed by atoms with Crippen molar-refractivity contribution in [1.29, 1.82) is 0 Å². The van der Waals surface area contributed by atoms with Gasteiger partial charge in [0.15, 0.2) is 0 Å². The van der Waals surface area contributed by atoms with Crippen molar-refractivity contribution in [3.8, 4) is 0 Å². The van der Waals surface area contributed by atoms with Gasteiger partial charge in [-0.2, -0.15) is 0 Å². The first-order valence-electron chi connectivity index (χ1n) is 6.24. The minimum absolute atomic E-state index is 0. The maximum Gasteiger partial charge on any atom is 0.303 e. The van der Waals surface area contributed by atoms with E-state index in [0.29, 0.717) is 13.0 Å². The second kappa shape index (κ2) is 11.3. The predicted molar refractivity (Wildman–Crippen MR) is 73.8 cm³/mol. The summed E-state index contributed by atoms with van der Waals surface area (Å²) in [5.74, 6) is -0.701. The Kier molecular flexibility index (Phi) is 12.2. The lowest BCUT2D eigenvalue weighted by atomic mass is 9.99. The van der Waals surface area contributed by atoms with Crippen LogP contribution in [-0.2, 0) is 9.59 Å². The summed E-state index contributed by atoms with van der Waals surface area (Å²) in [5, 5.41) is 11.2. The number of carbonyl (C=O) groups excluding carboxylic acids is 1. The number of nitrogens with one attached hydrogen (secondary N) is 1. The number of hydrogen-bond donors (Lipinski definition) is 3. The van der Waals surface area contributed by atoms with Crippen molar-refractivity contribution < 1.29 is 14.7 Å². The molecule has 4 N–H and O–H groups in total. The zero-order valence-corrected chi connectivity index (χ0v) is 12.0. The molecule has 6 heteroatoms. The van der Waals surface area contributed by atoms with Crippen LogP contribution in [0.3, 0.4) is 0 Å². The van der Waals surface area contributed by atoms with Gasteiger partial charge in [-0.05, 0) is 18.8 Å². The molecule has 0 bridgehead atoms. The first-order valence-corrected chi connectivity index (χ1v) is 6.24. The predicted octanol–water partition coefficient (Wildman–Crippen LogP) is 1.54. The summed E-state index contributed by atoms with van der Waals surface area (Å²) in [6.45, 7) is 4.53. The van der Waals surface area contributed by atoms with Gasteiger partial charge in [0, 0.05) is 13.0 Å². The average molecular weight is 281 g/mol. The van der Waals surface area contributed by atoms with Crippen LogP contribution in [0.5, 0.6) is 0 Å². The van der Waals surface area contributed by atoms with Crippen molar-refractivity contribution in [2.45, 2.75) is 52.0 Å². The normalized spacial score (nSPS) is 13.3. The molecule has 18 heavy (non-hydrogen) atoms. The number of aliphatic carboxylic acids is 1. The summed E-state index contributed by atoms with van der Waals surface area (Å²) in [7, 11) is 0. The van der Waals surface area contributed by atoms with Gasteiger partial charge in [-0.1, -0.05) is 26.7 Å². The molecule has 0 rings (SSSR count). The van der Waals surface area contributed by atoms with Gasteiger partial charge in [0.1, 0.15) is 0 Å². The molecule has 0 aliphatic rings. The molecular weight excluding hydrogens is 256 g/mol. The van der Waals surface area contributed by atoms with Crippen molar-refractivity contribution in [3.63, 3.8) is 0 Å². The van der Waals surface area contributed by atoms with Crippen LogP contribution in [-0.4, -0.2) is 29.6 Å². The largest absolute Gasteiger partial charge is 0.481 e. The maximum absolute atomic E-state index is 11.6. The lowest BCUT2D eigenvalue weighted by molar-refractivity contribution is -0.137.